The van der Waals surface area contributed by atoms with Gasteiger partial charge in [-0.2, -0.15) is 5.10 Å². The molecule has 3 aromatic rings. The van der Waals surface area contributed by atoms with Gasteiger partial charge in [-0.25, -0.2) is 4.98 Å². The van der Waals surface area contributed by atoms with Crippen molar-refractivity contribution < 1.29 is 9.72 Å². The summed E-state index contributed by atoms with van der Waals surface area (Å²) in [6, 6.07) is 13.1. The largest absolute Gasteiger partial charge is 0.364 e. The fraction of sp³-hybridized carbons (Fsp3) is 0. The number of hydrazone groups is 1. The van der Waals surface area contributed by atoms with Crippen LogP contribution in [-0.4, -0.2) is 26.5 Å². The van der Waals surface area contributed by atoms with E-state index < -0.39 is 10.8 Å². The summed E-state index contributed by atoms with van der Waals surface area (Å²) < 4.78 is 0. The maximum atomic E-state index is 11.7. The first-order chi connectivity index (χ1) is 11.6. The van der Waals surface area contributed by atoms with Crippen molar-refractivity contribution in [2.45, 2.75) is 0 Å². The second-order valence-electron chi connectivity index (χ2n) is 4.81. The van der Waals surface area contributed by atoms with Crippen molar-refractivity contribution in [2.24, 2.45) is 10.8 Å². The van der Waals surface area contributed by atoms with E-state index in [0.717, 1.165) is 0 Å². The van der Waals surface area contributed by atoms with Crippen LogP contribution in [-0.2, 0) is 4.79 Å². The number of amides is 1. The number of H-pyrrole nitrogens is 1. The van der Waals surface area contributed by atoms with E-state index in [2.05, 4.69) is 20.5 Å². The number of carbonyl (C=O) groups excluding carboxylic acids is 1. The molecule has 4 N–H and O–H groups in total. The number of imidazole rings is 1. The van der Waals surface area contributed by atoms with Gasteiger partial charge in [0.05, 0.1) is 16.0 Å². The Morgan fingerprint density at radius 2 is 1.92 bits per heavy atom. The molecule has 0 fully saturated rings. The number of aromatic amines is 1. The van der Waals surface area contributed by atoms with Gasteiger partial charge in [0.25, 0.3) is 11.6 Å². The predicted octanol–water partition coefficient (Wildman–Crippen LogP) is 1.77. The topological polar surface area (TPSA) is 139 Å². The predicted molar refractivity (Wildman–Crippen MR) is 88.5 cm³/mol. The molecule has 0 atom stereocenters. The van der Waals surface area contributed by atoms with Crippen LogP contribution in [0.3, 0.4) is 0 Å². The Morgan fingerprint density at radius 1 is 1.21 bits per heavy atom. The lowest BCUT2D eigenvalue weighted by molar-refractivity contribution is -0.384. The molecule has 24 heavy (non-hydrogen) atoms. The third kappa shape index (κ3) is 2.90. The molecule has 1 heterocycles. The fourth-order valence-electron chi connectivity index (χ4n) is 2.13. The molecule has 0 aliphatic carbocycles. The molecule has 3 rings (SSSR count). The third-order valence-corrected chi connectivity index (χ3v) is 3.24. The molecular weight excluding hydrogens is 312 g/mol. The van der Waals surface area contributed by atoms with E-state index in [4.69, 9.17) is 5.73 Å². The van der Waals surface area contributed by atoms with E-state index in [1.54, 1.807) is 24.3 Å². The Morgan fingerprint density at radius 3 is 2.62 bits per heavy atom. The van der Waals surface area contributed by atoms with Gasteiger partial charge in [0.15, 0.2) is 11.5 Å². The van der Waals surface area contributed by atoms with E-state index in [0.29, 0.717) is 11.0 Å². The lowest BCUT2D eigenvalue weighted by atomic mass is 10.3. The summed E-state index contributed by atoms with van der Waals surface area (Å²) >= 11 is 0. The van der Waals surface area contributed by atoms with Crippen molar-refractivity contribution in [3.63, 3.8) is 0 Å². The molecule has 1 aromatic heterocycles. The number of primary amides is 1. The van der Waals surface area contributed by atoms with E-state index in [1.165, 1.54) is 18.2 Å². The molecule has 1 amide bonds. The summed E-state index contributed by atoms with van der Waals surface area (Å²) in [5.74, 6) is -0.644. The summed E-state index contributed by atoms with van der Waals surface area (Å²) in [5.41, 5.74) is 9.02. The zero-order valence-corrected chi connectivity index (χ0v) is 12.3. The Hall–Kier alpha value is -3.75. The minimum Gasteiger partial charge on any atom is -0.364 e. The second-order valence-corrected chi connectivity index (χ2v) is 4.81. The zero-order valence-electron chi connectivity index (χ0n) is 12.3. The molecular formula is C15H12N6O3. The van der Waals surface area contributed by atoms with Gasteiger partial charge in [0.1, 0.15) is 5.69 Å². The van der Waals surface area contributed by atoms with E-state index >= 15 is 0 Å². The second kappa shape index (κ2) is 6.16. The Kier molecular flexibility index (Phi) is 3.89. The number of para-hydroxylation sites is 4. The SMILES string of the molecule is NC(=O)C(=NNc1ccccc1[N+](=O)[O-])c1nc2ccccc2[nH]1. The number of nitrogens with one attached hydrogen (secondary N) is 2. The highest BCUT2D eigenvalue weighted by Gasteiger charge is 2.17. The fourth-order valence-corrected chi connectivity index (χ4v) is 2.13. The molecule has 0 radical (unpaired) electrons. The van der Waals surface area contributed by atoms with Crippen LogP contribution in [0.15, 0.2) is 53.6 Å². The van der Waals surface area contributed by atoms with Crippen molar-refractivity contribution in [1.82, 2.24) is 9.97 Å². The van der Waals surface area contributed by atoms with Gasteiger partial charge in [-0.3, -0.25) is 20.3 Å². The van der Waals surface area contributed by atoms with Crippen LogP contribution in [0, 0.1) is 10.1 Å². The molecule has 0 saturated heterocycles. The number of carbonyl (C=O) groups is 1. The highest BCUT2D eigenvalue weighted by atomic mass is 16.6. The van der Waals surface area contributed by atoms with Crippen molar-refractivity contribution in [2.75, 3.05) is 5.43 Å². The van der Waals surface area contributed by atoms with Gasteiger partial charge in [-0.1, -0.05) is 24.3 Å². The highest BCUT2D eigenvalue weighted by molar-refractivity contribution is 6.44. The Labute approximate surface area is 135 Å². The first kappa shape index (κ1) is 15.2. The molecule has 0 bridgehead atoms. The molecule has 0 aliphatic rings. The number of hydrogen-bond acceptors (Lipinski definition) is 6. The van der Waals surface area contributed by atoms with Crippen molar-refractivity contribution in [3.8, 4) is 0 Å². The smallest absolute Gasteiger partial charge is 0.294 e. The molecule has 9 nitrogen and oxygen atoms in total. The highest BCUT2D eigenvalue weighted by Crippen LogP contribution is 2.23. The Bertz CT molecular complexity index is 930. The van der Waals surface area contributed by atoms with Crippen LogP contribution in [0.1, 0.15) is 5.82 Å². The maximum Gasteiger partial charge on any atom is 0.294 e. The maximum absolute atomic E-state index is 11.7. The first-order valence-electron chi connectivity index (χ1n) is 6.88. The van der Waals surface area contributed by atoms with Gasteiger partial charge in [0.2, 0.25) is 0 Å². The van der Waals surface area contributed by atoms with E-state index in [1.807, 2.05) is 6.07 Å². The minimum absolute atomic E-state index is 0.136. The standard InChI is InChI=1S/C15H12N6O3/c16-14(22)13(15-17-9-5-1-2-6-10(9)18-15)20-19-11-7-3-4-8-12(11)21(23)24/h1-8,19H,(H2,16,22)(H,17,18). The monoisotopic (exact) mass is 324 g/mol. The first-order valence-corrected chi connectivity index (χ1v) is 6.88. The number of nitro groups is 1. The number of fused-ring (bicyclic) bond motifs is 1. The van der Waals surface area contributed by atoms with Crippen LogP contribution in [0.4, 0.5) is 11.4 Å². The van der Waals surface area contributed by atoms with Crippen LogP contribution >= 0.6 is 0 Å². The molecule has 0 spiro atoms. The quantitative estimate of drug-likeness (QED) is 0.373. The normalized spacial score (nSPS) is 11.4. The molecule has 120 valence electrons. The number of benzene rings is 2. The lowest BCUT2D eigenvalue weighted by Crippen LogP contribution is -2.26. The number of rotatable bonds is 5. The van der Waals surface area contributed by atoms with E-state index in [-0.39, 0.29) is 22.9 Å². The molecule has 0 aliphatic heterocycles. The number of nitrogens with zero attached hydrogens (tertiary/aromatic N) is 3. The van der Waals surface area contributed by atoms with E-state index in [9.17, 15) is 14.9 Å². The number of nitro benzene ring substituents is 1. The molecule has 9 heteroatoms. The number of anilines is 1. The number of nitrogens with two attached hydrogens (primary N) is 1. The van der Waals surface area contributed by atoms with Crippen LogP contribution < -0.4 is 11.2 Å². The summed E-state index contributed by atoms with van der Waals surface area (Å²) in [6.07, 6.45) is 0. The van der Waals surface area contributed by atoms with Crippen molar-refractivity contribution in [3.05, 3.63) is 64.5 Å². The summed E-state index contributed by atoms with van der Waals surface area (Å²) in [6.45, 7) is 0. The number of aromatic nitrogens is 2. The molecule has 0 saturated carbocycles. The average molecular weight is 324 g/mol. The van der Waals surface area contributed by atoms with Crippen LogP contribution in [0.2, 0.25) is 0 Å². The molecule has 2 aromatic carbocycles. The van der Waals surface area contributed by atoms with Crippen molar-refractivity contribution >= 4 is 34.0 Å². The number of hydrogen-bond donors (Lipinski definition) is 3. The summed E-state index contributed by atoms with van der Waals surface area (Å²) in [7, 11) is 0. The minimum atomic E-state index is -0.819. The lowest BCUT2D eigenvalue weighted by Gasteiger charge is -2.03. The van der Waals surface area contributed by atoms with Gasteiger partial charge < -0.3 is 10.7 Å². The van der Waals surface area contributed by atoms with Crippen LogP contribution in [0.25, 0.3) is 11.0 Å². The van der Waals surface area contributed by atoms with Crippen LogP contribution in [0.5, 0.6) is 0 Å². The van der Waals surface area contributed by atoms with Gasteiger partial charge in [-0.05, 0) is 18.2 Å². The van der Waals surface area contributed by atoms with Gasteiger partial charge >= 0.3 is 0 Å². The third-order valence-electron chi connectivity index (χ3n) is 3.24. The van der Waals surface area contributed by atoms with Gasteiger partial charge in [-0.15, -0.1) is 0 Å². The van der Waals surface area contributed by atoms with Gasteiger partial charge in [0, 0.05) is 6.07 Å². The average Bonchev–Trinajstić information content (AvgIpc) is 2.98. The zero-order chi connectivity index (χ0) is 17.1. The summed E-state index contributed by atoms with van der Waals surface area (Å²) in [5, 5.41) is 14.9. The summed E-state index contributed by atoms with van der Waals surface area (Å²) in [4.78, 5) is 29.3. The molecule has 0 unspecified atom stereocenters. The van der Waals surface area contributed by atoms with Crippen molar-refractivity contribution in [1.29, 1.82) is 0 Å². The Balaban J connectivity index is 1.98.